The van der Waals surface area contributed by atoms with Crippen LogP contribution in [0.15, 0.2) is 11.7 Å². The van der Waals surface area contributed by atoms with E-state index >= 15 is 0 Å². The molecule has 1 atom stereocenters. The Morgan fingerprint density at radius 1 is 1.91 bits per heavy atom. The number of nitrogens with zero attached hydrogens (tertiary/aromatic N) is 1. The summed E-state index contributed by atoms with van der Waals surface area (Å²) >= 11 is 1.58. The quantitative estimate of drug-likeness (QED) is 0.687. The second kappa shape index (κ2) is 4.12. The highest BCUT2D eigenvalue weighted by molar-refractivity contribution is 7.09. The third-order valence-corrected chi connectivity index (χ3v) is 2.15. The Labute approximate surface area is 70.7 Å². The lowest BCUT2D eigenvalue weighted by Gasteiger charge is -2.06. The van der Waals surface area contributed by atoms with E-state index in [9.17, 15) is 0 Å². The van der Waals surface area contributed by atoms with Crippen molar-refractivity contribution in [1.82, 2.24) is 10.3 Å². The van der Waals surface area contributed by atoms with Crippen molar-refractivity contribution in [2.45, 2.75) is 13.0 Å². The molecule has 1 heterocycles. The molecule has 0 aliphatic carbocycles. The van der Waals surface area contributed by atoms with Crippen LogP contribution in [-0.4, -0.2) is 11.5 Å². The molecule has 0 aromatic carbocycles. The van der Waals surface area contributed by atoms with Gasteiger partial charge in [0.1, 0.15) is 6.04 Å². The van der Waals surface area contributed by atoms with E-state index in [1.165, 1.54) is 0 Å². The minimum Gasteiger partial charge on any atom is -0.300 e. The van der Waals surface area contributed by atoms with E-state index in [0.29, 0.717) is 0 Å². The summed E-state index contributed by atoms with van der Waals surface area (Å²) in [5.74, 6) is 2.66. The second-order valence-corrected chi connectivity index (χ2v) is 2.98. The maximum absolute atomic E-state index is 5.32. The van der Waals surface area contributed by atoms with Crippen LogP contribution in [0.3, 0.4) is 0 Å². The van der Waals surface area contributed by atoms with E-state index in [2.05, 4.69) is 16.2 Å². The molecule has 2 nitrogen and oxygen atoms in total. The highest BCUT2D eigenvalue weighted by Gasteiger charge is 2.06. The molecule has 0 spiro atoms. The van der Waals surface area contributed by atoms with Gasteiger partial charge >= 0.3 is 0 Å². The van der Waals surface area contributed by atoms with Crippen LogP contribution in [0, 0.1) is 12.3 Å². The maximum atomic E-state index is 5.32. The highest BCUT2D eigenvalue weighted by atomic mass is 32.1. The Hall–Kier alpha value is -0.850. The Bertz CT molecular complexity index is 235. The van der Waals surface area contributed by atoms with Crippen LogP contribution in [0.1, 0.15) is 17.8 Å². The van der Waals surface area contributed by atoms with Gasteiger partial charge in [-0.15, -0.1) is 17.8 Å². The van der Waals surface area contributed by atoms with Crippen molar-refractivity contribution in [3.63, 3.8) is 0 Å². The summed E-state index contributed by atoms with van der Waals surface area (Å²) in [6.45, 7) is 2.91. The first-order valence-corrected chi connectivity index (χ1v) is 4.34. The molecule has 58 valence electrons. The van der Waals surface area contributed by atoms with E-state index in [-0.39, 0.29) is 6.04 Å². The SMILES string of the molecule is C#CC(NCC)c1cncs1. The molecule has 3 heteroatoms. The van der Waals surface area contributed by atoms with Gasteiger partial charge < -0.3 is 0 Å². The van der Waals surface area contributed by atoms with Crippen LogP contribution in [0.5, 0.6) is 0 Å². The molecule has 0 saturated heterocycles. The summed E-state index contributed by atoms with van der Waals surface area (Å²) in [6, 6.07) is 0.0347. The zero-order valence-electron chi connectivity index (χ0n) is 6.37. The standard InChI is InChI=1S/C8H10N2S/c1-3-7(10-4-2)8-5-9-6-11-8/h1,5-7,10H,4H2,2H3. The average molecular weight is 166 g/mol. The topological polar surface area (TPSA) is 24.9 Å². The number of thiazole rings is 1. The zero-order valence-corrected chi connectivity index (χ0v) is 7.19. The minimum atomic E-state index is 0.0347. The smallest absolute Gasteiger partial charge is 0.105 e. The number of hydrogen-bond donors (Lipinski definition) is 1. The van der Waals surface area contributed by atoms with Crippen LogP contribution in [0.25, 0.3) is 0 Å². The molecule has 1 aromatic heterocycles. The predicted octanol–water partition coefficient (Wildman–Crippen LogP) is 1.43. The van der Waals surface area contributed by atoms with Gasteiger partial charge in [0, 0.05) is 6.20 Å². The minimum absolute atomic E-state index is 0.0347. The fourth-order valence-electron chi connectivity index (χ4n) is 0.814. The summed E-state index contributed by atoms with van der Waals surface area (Å²) in [6.07, 6.45) is 7.12. The Balaban J connectivity index is 2.65. The molecule has 1 aromatic rings. The molecule has 0 fully saturated rings. The summed E-state index contributed by atoms with van der Waals surface area (Å²) in [4.78, 5) is 5.06. The van der Waals surface area contributed by atoms with Crippen molar-refractivity contribution in [3.8, 4) is 12.3 Å². The summed E-state index contributed by atoms with van der Waals surface area (Å²) in [5, 5.41) is 3.17. The van der Waals surface area contributed by atoms with E-state index in [0.717, 1.165) is 11.4 Å². The van der Waals surface area contributed by atoms with Crippen LogP contribution >= 0.6 is 11.3 Å². The normalized spacial score (nSPS) is 12.4. The van der Waals surface area contributed by atoms with Crippen LogP contribution in [-0.2, 0) is 0 Å². The molecule has 0 aliphatic rings. The van der Waals surface area contributed by atoms with Gasteiger partial charge in [-0.25, -0.2) is 0 Å². The molecule has 1 N–H and O–H groups in total. The number of hydrogen-bond acceptors (Lipinski definition) is 3. The van der Waals surface area contributed by atoms with Gasteiger partial charge in [0.25, 0.3) is 0 Å². The molecule has 0 amide bonds. The fourth-order valence-corrected chi connectivity index (χ4v) is 1.47. The largest absolute Gasteiger partial charge is 0.300 e. The van der Waals surface area contributed by atoms with Crippen molar-refractivity contribution >= 4 is 11.3 Å². The number of terminal acetylenes is 1. The number of aromatic nitrogens is 1. The van der Waals surface area contributed by atoms with Gasteiger partial charge in [-0.2, -0.15) is 0 Å². The van der Waals surface area contributed by atoms with Gasteiger partial charge in [0.05, 0.1) is 10.4 Å². The average Bonchev–Trinajstić information content (AvgIpc) is 2.52. The first-order valence-electron chi connectivity index (χ1n) is 3.46. The zero-order chi connectivity index (χ0) is 8.10. The summed E-state index contributed by atoms with van der Waals surface area (Å²) in [7, 11) is 0. The molecule has 1 unspecified atom stereocenters. The second-order valence-electron chi connectivity index (χ2n) is 2.06. The number of rotatable bonds is 3. The highest BCUT2D eigenvalue weighted by Crippen LogP contribution is 2.15. The lowest BCUT2D eigenvalue weighted by molar-refractivity contribution is 0.673. The van der Waals surface area contributed by atoms with Gasteiger partial charge in [0.15, 0.2) is 0 Å². The van der Waals surface area contributed by atoms with Gasteiger partial charge in [-0.05, 0) is 6.54 Å². The van der Waals surface area contributed by atoms with E-state index in [4.69, 9.17) is 6.42 Å². The predicted molar refractivity (Wildman–Crippen MR) is 47.4 cm³/mol. The van der Waals surface area contributed by atoms with Crippen LogP contribution in [0.2, 0.25) is 0 Å². The molecule has 11 heavy (non-hydrogen) atoms. The first kappa shape index (κ1) is 8.25. The van der Waals surface area contributed by atoms with Gasteiger partial charge in [-0.3, -0.25) is 10.3 Å². The lowest BCUT2D eigenvalue weighted by atomic mass is 10.3. The van der Waals surface area contributed by atoms with E-state index in [1.807, 2.05) is 6.92 Å². The van der Waals surface area contributed by atoms with Crippen molar-refractivity contribution in [2.24, 2.45) is 0 Å². The van der Waals surface area contributed by atoms with Crippen molar-refractivity contribution in [1.29, 1.82) is 0 Å². The monoisotopic (exact) mass is 166 g/mol. The Kier molecular flexibility index (Phi) is 3.09. The van der Waals surface area contributed by atoms with Crippen LogP contribution < -0.4 is 5.32 Å². The molecule has 0 saturated carbocycles. The summed E-state index contributed by atoms with van der Waals surface area (Å²) in [5.41, 5.74) is 1.79. The van der Waals surface area contributed by atoms with E-state index in [1.54, 1.807) is 23.0 Å². The molecular formula is C8H10N2S. The van der Waals surface area contributed by atoms with Crippen LogP contribution in [0.4, 0.5) is 0 Å². The third-order valence-electron chi connectivity index (χ3n) is 1.31. The maximum Gasteiger partial charge on any atom is 0.105 e. The Morgan fingerprint density at radius 2 is 2.73 bits per heavy atom. The molecule has 0 bridgehead atoms. The molecule has 1 rings (SSSR count). The summed E-state index contributed by atoms with van der Waals surface area (Å²) < 4.78 is 0. The van der Waals surface area contributed by atoms with Crippen molar-refractivity contribution < 1.29 is 0 Å². The molecule has 0 aliphatic heterocycles. The van der Waals surface area contributed by atoms with Crippen molar-refractivity contribution in [2.75, 3.05) is 6.54 Å². The van der Waals surface area contributed by atoms with Gasteiger partial charge in [0.2, 0.25) is 0 Å². The van der Waals surface area contributed by atoms with E-state index < -0.39 is 0 Å². The van der Waals surface area contributed by atoms with Crippen molar-refractivity contribution in [3.05, 3.63) is 16.6 Å². The molecular weight excluding hydrogens is 156 g/mol. The fraction of sp³-hybridized carbons (Fsp3) is 0.375. The first-order chi connectivity index (χ1) is 5.38. The molecule has 0 radical (unpaired) electrons. The number of nitrogens with one attached hydrogen (secondary N) is 1. The lowest BCUT2D eigenvalue weighted by Crippen LogP contribution is -2.17. The third kappa shape index (κ3) is 2.04. The Morgan fingerprint density at radius 3 is 3.18 bits per heavy atom. The van der Waals surface area contributed by atoms with Gasteiger partial charge in [-0.1, -0.05) is 12.8 Å².